The van der Waals surface area contributed by atoms with Crippen LogP contribution in [0.2, 0.25) is 0 Å². The molecule has 0 spiro atoms. The van der Waals surface area contributed by atoms with Gasteiger partial charge in [0, 0.05) is 19.0 Å². The third-order valence-electron chi connectivity index (χ3n) is 7.96. The van der Waals surface area contributed by atoms with Gasteiger partial charge in [0.05, 0.1) is 10.6 Å². The first-order valence-electron chi connectivity index (χ1n) is 15.5. The lowest BCUT2D eigenvalue weighted by molar-refractivity contribution is -0.140. The van der Waals surface area contributed by atoms with Crippen LogP contribution in [0.25, 0.3) is 0 Å². The number of hydrogen-bond acceptors (Lipinski definition) is 4. The van der Waals surface area contributed by atoms with Crippen LogP contribution in [-0.4, -0.2) is 43.8 Å². The number of rotatable bonds is 14. The molecule has 8 heteroatoms. The van der Waals surface area contributed by atoms with Crippen LogP contribution in [0.15, 0.2) is 114 Å². The smallest absolute Gasteiger partial charge is 0.264 e. The number of hydrogen-bond donors (Lipinski definition) is 1. The molecule has 0 fully saturated rings. The number of aryl methyl sites for hydroxylation is 2. The Kier molecular flexibility index (Phi) is 11.5. The van der Waals surface area contributed by atoms with Gasteiger partial charge in [-0.3, -0.25) is 13.9 Å². The number of sulfonamides is 1. The van der Waals surface area contributed by atoms with Gasteiger partial charge in [0.2, 0.25) is 11.8 Å². The third-order valence-corrected chi connectivity index (χ3v) is 9.73. The molecule has 0 bridgehead atoms. The summed E-state index contributed by atoms with van der Waals surface area (Å²) >= 11 is 0. The molecule has 2 unspecified atom stereocenters. The summed E-state index contributed by atoms with van der Waals surface area (Å²) in [6, 6.07) is 31.8. The van der Waals surface area contributed by atoms with Crippen LogP contribution in [0, 0.1) is 6.92 Å². The maximum absolute atomic E-state index is 14.6. The molecule has 0 aliphatic rings. The highest BCUT2D eigenvalue weighted by Crippen LogP contribution is 2.28. The van der Waals surface area contributed by atoms with Crippen LogP contribution >= 0.6 is 0 Å². The van der Waals surface area contributed by atoms with E-state index in [4.69, 9.17) is 0 Å². The summed E-state index contributed by atoms with van der Waals surface area (Å²) < 4.78 is 29.6. The van der Waals surface area contributed by atoms with Gasteiger partial charge < -0.3 is 10.2 Å². The second-order valence-electron chi connectivity index (χ2n) is 11.3. The minimum absolute atomic E-state index is 0.0873. The maximum Gasteiger partial charge on any atom is 0.264 e. The molecule has 4 rings (SSSR count). The molecule has 4 aromatic rings. The molecule has 2 atom stereocenters. The highest BCUT2D eigenvalue weighted by Gasteiger charge is 2.35. The lowest BCUT2D eigenvalue weighted by Crippen LogP contribution is -2.54. The summed E-state index contributed by atoms with van der Waals surface area (Å²) in [5.41, 5.74) is 4.01. The van der Waals surface area contributed by atoms with Crippen molar-refractivity contribution in [1.29, 1.82) is 0 Å². The fourth-order valence-electron chi connectivity index (χ4n) is 5.29. The predicted molar refractivity (Wildman–Crippen MR) is 180 cm³/mol. The van der Waals surface area contributed by atoms with E-state index in [0.717, 1.165) is 28.7 Å². The van der Waals surface area contributed by atoms with E-state index in [2.05, 4.69) is 5.32 Å². The van der Waals surface area contributed by atoms with E-state index in [1.54, 1.807) is 35.2 Å². The number of para-hydroxylation sites is 1. The van der Waals surface area contributed by atoms with Gasteiger partial charge in [-0.1, -0.05) is 110 Å². The SMILES string of the molecule is CCc1ccccc1N(CC(=O)N(Cc1cccc(C)c1)C(Cc1ccccc1)C(=O)NC(C)CC)S(=O)(=O)c1ccccc1. The molecule has 45 heavy (non-hydrogen) atoms. The molecular formula is C37H43N3O4S. The van der Waals surface area contributed by atoms with E-state index in [0.29, 0.717) is 12.1 Å². The lowest BCUT2D eigenvalue weighted by Gasteiger charge is -2.34. The van der Waals surface area contributed by atoms with Gasteiger partial charge in [0.1, 0.15) is 12.6 Å². The molecule has 0 aliphatic carbocycles. The average molecular weight is 626 g/mol. The first-order chi connectivity index (χ1) is 21.6. The second-order valence-corrected chi connectivity index (χ2v) is 13.2. The van der Waals surface area contributed by atoms with Crippen LogP contribution in [0.5, 0.6) is 0 Å². The summed E-state index contributed by atoms with van der Waals surface area (Å²) in [4.78, 5) is 30.2. The highest BCUT2D eigenvalue weighted by molar-refractivity contribution is 7.92. The van der Waals surface area contributed by atoms with Crippen molar-refractivity contribution in [2.75, 3.05) is 10.8 Å². The molecule has 0 saturated heterocycles. The fraction of sp³-hybridized carbons (Fsp3) is 0.297. The number of nitrogens with one attached hydrogen (secondary N) is 1. The fourth-order valence-corrected chi connectivity index (χ4v) is 6.76. The first-order valence-corrected chi connectivity index (χ1v) is 16.9. The highest BCUT2D eigenvalue weighted by atomic mass is 32.2. The monoisotopic (exact) mass is 625 g/mol. The number of anilines is 1. The molecule has 4 aromatic carbocycles. The summed E-state index contributed by atoms with van der Waals surface area (Å²) in [6.45, 7) is 7.52. The van der Waals surface area contributed by atoms with E-state index in [1.165, 1.54) is 16.4 Å². The Morgan fingerprint density at radius 3 is 2.07 bits per heavy atom. The third kappa shape index (κ3) is 8.60. The standard InChI is InChI=1S/C37H43N3O4S/c1-5-29(4)38-37(42)35(25-30-17-9-7-10-18-30)39(26-31-19-15-16-28(3)24-31)36(41)27-40(34-23-14-13-20-32(34)6-2)45(43,44)33-21-11-8-12-22-33/h7-24,29,35H,5-6,25-27H2,1-4H3,(H,38,42). The molecular weight excluding hydrogens is 582 g/mol. The Morgan fingerprint density at radius 2 is 1.42 bits per heavy atom. The molecule has 2 amide bonds. The summed E-state index contributed by atoms with van der Waals surface area (Å²) in [5, 5.41) is 3.08. The number of carbonyl (C=O) groups is 2. The van der Waals surface area contributed by atoms with Crippen molar-refractivity contribution in [2.24, 2.45) is 0 Å². The second kappa shape index (κ2) is 15.5. The Balaban J connectivity index is 1.83. The van der Waals surface area contributed by atoms with E-state index in [-0.39, 0.29) is 29.8 Å². The number of amides is 2. The van der Waals surface area contributed by atoms with Crippen molar-refractivity contribution in [1.82, 2.24) is 10.2 Å². The van der Waals surface area contributed by atoms with E-state index in [1.807, 2.05) is 94.4 Å². The molecule has 1 N–H and O–H groups in total. The minimum Gasteiger partial charge on any atom is -0.352 e. The Labute approximate surface area is 268 Å². The maximum atomic E-state index is 14.6. The molecule has 7 nitrogen and oxygen atoms in total. The van der Waals surface area contributed by atoms with E-state index >= 15 is 0 Å². The summed E-state index contributed by atoms with van der Waals surface area (Å²) in [7, 11) is -4.14. The number of carbonyl (C=O) groups excluding carboxylic acids is 2. The van der Waals surface area contributed by atoms with Crippen molar-refractivity contribution in [3.63, 3.8) is 0 Å². The molecule has 0 saturated carbocycles. The van der Waals surface area contributed by atoms with Gasteiger partial charge in [-0.15, -0.1) is 0 Å². The molecule has 0 aromatic heterocycles. The summed E-state index contributed by atoms with van der Waals surface area (Å²) in [5.74, 6) is -0.747. The van der Waals surface area contributed by atoms with Gasteiger partial charge in [0.15, 0.2) is 0 Å². The lowest BCUT2D eigenvalue weighted by atomic mass is 10.0. The number of nitrogens with zero attached hydrogens (tertiary/aromatic N) is 2. The van der Waals surface area contributed by atoms with E-state index < -0.39 is 28.5 Å². The Morgan fingerprint density at radius 1 is 0.800 bits per heavy atom. The zero-order valence-corrected chi connectivity index (χ0v) is 27.3. The zero-order chi connectivity index (χ0) is 32.4. The van der Waals surface area contributed by atoms with Gasteiger partial charge in [-0.25, -0.2) is 8.42 Å². The predicted octanol–water partition coefficient (Wildman–Crippen LogP) is 6.31. The molecule has 0 heterocycles. The van der Waals surface area contributed by atoms with Crippen molar-refractivity contribution in [3.05, 3.63) is 131 Å². The van der Waals surface area contributed by atoms with Crippen LogP contribution < -0.4 is 9.62 Å². The van der Waals surface area contributed by atoms with Crippen molar-refractivity contribution in [2.45, 2.75) is 70.5 Å². The summed E-state index contributed by atoms with van der Waals surface area (Å²) in [6.07, 6.45) is 1.58. The molecule has 0 aliphatic heterocycles. The average Bonchev–Trinajstić information content (AvgIpc) is 3.05. The topological polar surface area (TPSA) is 86.8 Å². The first kappa shape index (κ1) is 33.5. The van der Waals surface area contributed by atoms with Crippen molar-refractivity contribution in [3.8, 4) is 0 Å². The van der Waals surface area contributed by atoms with Crippen LogP contribution in [0.1, 0.15) is 49.4 Å². The van der Waals surface area contributed by atoms with E-state index in [9.17, 15) is 18.0 Å². The van der Waals surface area contributed by atoms with Crippen LogP contribution in [0.4, 0.5) is 5.69 Å². The largest absolute Gasteiger partial charge is 0.352 e. The van der Waals surface area contributed by atoms with Gasteiger partial charge >= 0.3 is 0 Å². The number of benzene rings is 4. The van der Waals surface area contributed by atoms with Crippen LogP contribution in [-0.2, 0) is 39.0 Å². The van der Waals surface area contributed by atoms with Gasteiger partial charge in [-0.2, -0.15) is 0 Å². The molecule has 236 valence electrons. The Hall–Kier alpha value is -4.43. The van der Waals surface area contributed by atoms with Crippen molar-refractivity contribution < 1.29 is 18.0 Å². The molecule has 0 radical (unpaired) electrons. The van der Waals surface area contributed by atoms with Gasteiger partial charge in [-0.05, 0) is 61.6 Å². The minimum atomic E-state index is -4.14. The normalized spacial score (nSPS) is 12.6. The zero-order valence-electron chi connectivity index (χ0n) is 26.5. The Bertz CT molecular complexity index is 1680. The van der Waals surface area contributed by atoms with Crippen LogP contribution in [0.3, 0.4) is 0 Å². The van der Waals surface area contributed by atoms with Crippen molar-refractivity contribution >= 4 is 27.5 Å². The quantitative estimate of drug-likeness (QED) is 0.178. The van der Waals surface area contributed by atoms with Gasteiger partial charge in [0.25, 0.3) is 10.0 Å².